The number of hydrogen-bond donors (Lipinski definition) is 1. The average Bonchev–Trinajstić information content (AvgIpc) is 2.32. The van der Waals surface area contributed by atoms with Gasteiger partial charge in [-0.25, -0.2) is 4.79 Å². The molecule has 1 aliphatic carbocycles. The van der Waals surface area contributed by atoms with Gasteiger partial charge in [0, 0.05) is 12.4 Å². The topological polar surface area (TPSA) is 59.4 Å². The highest BCUT2D eigenvalue weighted by Gasteiger charge is 2.21. The van der Waals surface area contributed by atoms with Gasteiger partial charge in [0.1, 0.15) is 11.3 Å². The van der Waals surface area contributed by atoms with E-state index in [1.165, 1.54) is 6.20 Å². The molecule has 0 amide bonds. The second-order valence-corrected chi connectivity index (χ2v) is 4.68. The Labute approximate surface area is 101 Å². The van der Waals surface area contributed by atoms with Crippen molar-refractivity contribution in [1.29, 1.82) is 0 Å². The Morgan fingerprint density at radius 1 is 1.41 bits per heavy atom. The summed E-state index contributed by atoms with van der Waals surface area (Å²) in [6.07, 6.45) is 7.35. The van der Waals surface area contributed by atoms with Crippen LogP contribution in [0.4, 0.5) is 0 Å². The lowest BCUT2D eigenvalue weighted by Gasteiger charge is -2.27. The van der Waals surface area contributed by atoms with Crippen molar-refractivity contribution in [2.45, 2.75) is 38.7 Å². The van der Waals surface area contributed by atoms with E-state index < -0.39 is 5.97 Å². The van der Waals surface area contributed by atoms with Crippen LogP contribution in [0, 0.1) is 5.92 Å². The summed E-state index contributed by atoms with van der Waals surface area (Å²) in [7, 11) is 0. The van der Waals surface area contributed by atoms with Gasteiger partial charge in [0.2, 0.25) is 0 Å². The van der Waals surface area contributed by atoms with Crippen LogP contribution in [0.1, 0.15) is 43.0 Å². The van der Waals surface area contributed by atoms with E-state index in [4.69, 9.17) is 9.84 Å². The highest BCUT2D eigenvalue weighted by Crippen LogP contribution is 2.28. The highest BCUT2D eigenvalue weighted by atomic mass is 16.5. The van der Waals surface area contributed by atoms with Gasteiger partial charge in [-0.1, -0.05) is 6.92 Å². The highest BCUT2D eigenvalue weighted by molar-refractivity contribution is 5.90. The van der Waals surface area contributed by atoms with E-state index in [9.17, 15) is 4.79 Å². The largest absolute Gasteiger partial charge is 0.489 e. The molecule has 1 heterocycles. The van der Waals surface area contributed by atoms with Gasteiger partial charge in [0.05, 0.1) is 6.10 Å². The summed E-state index contributed by atoms with van der Waals surface area (Å²) >= 11 is 0. The van der Waals surface area contributed by atoms with Gasteiger partial charge in [0.15, 0.2) is 0 Å². The van der Waals surface area contributed by atoms with Crippen LogP contribution in [0.25, 0.3) is 0 Å². The molecule has 4 heteroatoms. The maximum atomic E-state index is 11.0. The molecule has 0 bridgehead atoms. The molecule has 2 rings (SSSR count). The van der Waals surface area contributed by atoms with Crippen LogP contribution >= 0.6 is 0 Å². The lowest BCUT2D eigenvalue weighted by atomic mass is 9.89. The summed E-state index contributed by atoms with van der Waals surface area (Å²) in [6.45, 7) is 2.24. The van der Waals surface area contributed by atoms with Crippen LogP contribution in [0.3, 0.4) is 0 Å². The standard InChI is InChI=1S/C13H17NO3/c1-9-2-4-10(5-3-9)17-12-6-7-14-8-11(12)13(15)16/h6-10H,2-5H2,1H3,(H,15,16). The summed E-state index contributed by atoms with van der Waals surface area (Å²) in [5, 5.41) is 9.02. The van der Waals surface area contributed by atoms with E-state index in [0.717, 1.165) is 31.6 Å². The van der Waals surface area contributed by atoms with Crippen LogP contribution in [0.5, 0.6) is 5.75 Å². The maximum Gasteiger partial charge on any atom is 0.341 e. The van der Waals surface area contributed by atoms with Crippen molar-refractivity contribution in [3.63, 3.8) is 0 Å². The first-order valence-electron chi connectivity index (χ1n) is 6.00. The number of ether oxygens (including phenoxy) is 1. The number of aromatic carboxylic acids is 1. The van der Waals surface area contributed by atoms with Gasteiger partial charge >= 0.3 is 5.97 Å². The van der Waals surface area contributed by atoms with Crippen LogP contribution in [-0.4, -0.2) is 22.2 Å². The molecule has 0 spiro atoms. The quantitative estimate of drug-likeness (QED) is 0.875. The fourth-order valence-corrected chi connectivity index (χ4v) is 2.17. The minimum absolute atomic E-state index is 0.145. The zero-order valence-corrected chi connectivity index (χ0v) is 9.93. The second kappa shape index (κ2) is 5.17. The molecule has 4 nitrogen and oxygen atoms in total. The van der Waals surface area contributed by atoms with Crippen molar-refractivity contribution >= 4 is 5.97 Å². The Bertz CT molecular complexity index is 397. The van der Waals surface area contributed by atoms with E-state index in [1.807, 2.05) is 0 Å². The average molecular weight is 235 g/mol. The molecule has 1 aromatic heterocycles. The van der Waals surface area contributed by atoms with E-state index in [1.54, 1.807) is 12.3 Å². The van der Waals surface area contributed by atoms with Crippen molar-refractivity contribution in [2.75, 3.05) is 0 Å². The van der Waals surface area contributed by atoms with Crippen molar-refractivity contribution in [2.24, 2.45) is 5.92 Å². The van der Waals surface area contributed by atoms with Gasteiger partial charge in [-0.15, -0.1) is 0 Å². The minimum atomic E-state index is -0.989. The number of carboxylic acids is 1. The van der Waals surface area contributed by atoms with E-state index in [0.29, 0.717) is 5.75 Å². The molecular weight excluding hydrogens is 218 g/mol. The molecule has 1 aliphatic rings. The summed E-state index contributed by atoms with van der Waals surface area (Å²) < 4.78 is 5.78. The summed E-state index contributed by atoms with van der Waals surface area (Å²) in [5.74, 6) is 0.204. The van der Waals surface area contributed by atoms with Gasteiger partial charge in [0.25, 0.3) is 0 Å². The molecule has 1 aromatic rings. The molecule has 0 atom stereocenters. The van der Waals surface area contributed by atoms with Crippen LogP contribution in [0.15, 0.2) is 18.5 Å². The molecule has 17 heavy (non-hydrogen) atoms. The fourth-order valence-electron chi connectivity index (χ4n) is 2.17. The van der Waals surface area contributed by atoms with E-state index in [2.05, 4.69) is 11.9 Å². The normalized spacial score (nSPS) is 24.3. The predicted molar refractivity (Wildman–Crippen MR) is 63.2 cm³/mol. The monoisotopic (exact) mass is 235 g/mol. The van der Waals surface area contributed by atoms with E-state index >= 15 is 0 Å². The summed E-state index contributed by atoms with van der Waals surface area (Å²) in [6, 6.07) is 1.63. The van der Waals surface area contributed by atoms with Gasteiger partial charge in [-0.2, -0.15) is 0 Å². The zero-order valence-electron chi connectivity index (χ0n) is 9.93. The Morgan fingerprint density at radius 2 is 2.12 bits per heavy atom. The predicted octanol–water partition coefficient (Wildman–Crippen LogP) is 2.74. The number of hydrogen-bond acceptors (Lipinski definition) is 3. The third-order valence-corrected chi connectivity index (χ3v) is 3.27. The smallest absolute Gasteiger partial charge is 0.341 e. The fraction of sp³-hybridized carbons (Fsp3) is 0.538. The molecule has 0 radical (unpaired) electrons. The van der Waals surface area contributed by atoms with Crippen LogP contribution in [-0.2, 0) is 0 Å². The van der Waals surface area contributed by atoms with Gasteiger partial charge in [-0.3, -0.25) is 4.98 Å². The van der Waals surface area contributed by atoms with Crippen LogP contribution < -0.4 is 4.74 Å². The molecule has 0 aliphatic heterocycles. The summed E-state index contributed by atoms with van der Waals surface area (Å²) in [5.41, 5.74) is 0.145. The van der Waals surface area contributed by atoms with Crippen molar-refractivity contribution < 1.29 is 14.6 Å². The molecule has 0 unspecified atom stereocenters. The van der Waals surface area contributed by atoms with Gasteiger partial charge < -0.3 is 9.84 Å². The first kappa shape index (κ1) is 11.9. The first-order valence-corrected chi connectivity index (χ1v) is 6.00. The number of carboxylic acid groups (broad SMARTS) is 1. The van der Waals surface area contributed by atoms with Crippen molar-refractivity contribution in [3.8, 4) is 5.75 Å². The Kier molecular flexibility index (Phi) is 3.61. The molecule has 1 fully saturated rings. The van der Waals surface area contributed by atoms with E-state index in [-0.39, 0.29) is 11.7 Å². The second-order valence-electron chi connectivity index (χ2n) is 4.68. The minimum Gasteiger partial charge on any atom is -0.489 e. The summed E-state index contributed by atoms with van der Waals surface area (Å²) in [4.78, 5) is 14.8. The molecule has 92 valence electrons. The Balaban J connectivity index is 2.05. The maximum absolute atomic E-state index is 11.0. The van der Waals surface area contributed by atoms with Gasteiger partial charge in [-0.05, 0) is 37.7 Å². The lowest BCUT2D eigenvalue weighted by Crippen LogP contribution is -2.23. The Hall–Kier alpha value is -1.58. The SMILES string of the molecule is CC1CCC(Oc2ccncc2C(=O)O)CC1. The molecule has 0 aromatic carbocycles. The lowest BCUT2D eigenvalue weighted by molar-refractivity contribution is 0.0683. The number of rotatable bonds is 3. The molecular formula is C13H17NO3. The Morgan fingerprint density at radius 3 is 2.76 bits per heavy atom. The number of aromatic nitrogens is 1. The zero-order chi connectivity index (χ0) is 12.3. The third-order valence-electron chi connectivity index (χ3n) is 3.27. The van der Waals surface area contributed by atoms with Crippen LogP contribution in [0.2, 0.25) is 0 Å². The van der Waals surface area contributed by atoms with Crippen molar-refractivity contribution in [1.82, 2.24) is 4.98 Å². The molecule has 0 saturated heterocycles. The first-order chi connectivity index (χ1) is 8.16. The number of carbonyl (C=O) groups is 1. The number of nitrogens with zero attached hydrogens (tertiary/aromatic N) is 1. The van der Waals surface area contributed by atoms with Crippen molar-refractivity contribution in [3.05, 3.63) is 24.0 Å². The molecule has 1 N–H and O–H groups in total. The molecule has 1 saturated carbocycles. The number of pyridine rings is 1. The third kappa shape index (κ3) is 2.96.